The van der Waals surface area contributed by atoms with Gasteiger partial charge in [-0.2, -0.15) is 4.39 Å². The number of ether oxygens (including phenoxy) is 2. The molecule has 0 aromatic heterocycles. The summed E-state index contributed by atoms with van der Waals surface area (Å²) in [4.78, 5) is 32.5. The number of hydrogen-bond donors (Lipinski definition) is 1. The van der Waals surface area contributed by atoms with E-state index < -0.39 is 23.5 Å². The Balaban J connectivity index is 1.93. The van der Waals surface area contributed by atoms with Gasteiger partial charge in [0, 0.05) is 0 Å². The first-order valence-electron chi connectivity index (χ1n) is 8.77. The second kappa shape index (κ2) is 10.5. The number of carbonyl (C=O) groups excluding carboxylic acids is 2. The van der Waals surface area contributed by atoms with E-state index in [1.165, 1.54) is 6.08 Å². The molecule has 0 heterocycles. The topological polar surface area (TPSA) is 89.9 Å². The second-order valence-electron chi connectivity index (χ2n) is 6.02. The molecule has 0 aliphatic carbocycles. The number of esters is 1. The fourth-order valence-electron chi connectivity index (χ4n) is 2.34. The zero-order valence-corrected chi connectivity index (χ0v) is 16.0. The number of rotatable bonds is 10. The van der Waals surface area contributed by atoms with Gasteiger partial charge in [-0.3, -0.25) is 4.79 Å². The first-order chi connectivity index (χ1) is 14.3. The molecule has 0 bridgehead atoms. The second-order valence-corrected chi connectivity index (χ2v) is 6.02. The lowest BCUT2D eigenvalue weighted by Gasteiger charge is -2.08. The van der Waals surface area contributed by atoms with Crippen molar-refractivity contribution in [2.24, 2.45) is 0 Å². The third-order valence-electron chi connectivity index (χ3n) is 3.90. The lowest BCUT2D eigenvalue weighted by atomic mass is 10.0. The Labute approximate surface area is 172 Å². The Bertz CT molecular complexity index is 987. The molecule has 1 N–H and O–H groups in total. The molecule has 0 saturated carbocycles. The number of aliphatic carboxylic acids is 1. The molecule has 2 rings (SSSR count). The van der Waals surface area contributed by atoms with E-state index in [1.807, 2.05) is 36.4 Å². The summed E-state index contributed by atoms with van der Waals surface area (Å²) in [6.45, 7) is 6.64. The van der Waals surface area contributed by atoms with Gasteiger partial charge in [0.1, 0.15) is 19.0 Å². The number of ketones is 1. The Hall–Kier alpha value is -4.00. The lowest BCUT2D eigenvalue weighted by molar-refractivity contribution is -0.146. The molecule has 0 amide bonds. The van der Waals surface area contributed by atoms with Gasteiger partial charge in [-0.15, -0.1) is 0 Å². The minimum absolute atomic E-state index is 0.0765. The molecule has 6 nitrogen and oxygen atoms in total. The summed E-state index contributed by atoms with van der Waals surface area (Å²) in [5.41, 5.74) is 3.12. The van der Waals surface area contributed by atoms with Crippen LogP contribution < -0.4 is 4.74 Å². The van der Waals surface area contributed by atoms with Crippen LogP contribution in [0.15, 0.2) is 79.7 Å². The van der Waals surface area contributed by atoms with Crippen molar-refractivity contribution in [2.75, 3.05) is 13.2 Å². The number of halogens is 1. The number of carboxylic acids is 1. The van der Waals surface area contributed by atoms with Crippen LogP contribution in [0.1, 0.15) is 5.56 Å². The van der Waals surface area contributed by atoms with E-state index in [4.69, 9.17) is 9.84 Å². The molecule has 0 aliphatic rings. The maximum absolute atomic E-state index is 12.5. The van der Waals surface area contributed by atoms with Gasteiger partial charge < -0.3 is 14.6 Å². The van der Waals surface area contributed by atoms with Crippen LogP contribution in [-0.4, -0.2) is 36.0 Å². The van der Waals surface area contributed by atoms with Crippen LogP contribution in [0.25, 0.3) is 16.7 Å². The fourth-order valence-corrected chi connectivity index (χ4v) is 2.34. The number of carbonyl (C=O) groups is 3. The SMILES string of the molecule is C=C(F)C(=O)OCCOc1ccc(-c2ccc(C(=C)/C=C\C(=O)C(=O)O)cc2)cc1. The van der Waals surface area contributed by atoms with Gasteiger partial charge in [-0.05, 0) is 40.5 Å². The predicted octanol–water partition coefficient (Wildman–Crippen LogP) is 3.98. The molecule has 2 aromatic carbocycles. The molecule has 0 aliphatic heterocycles. The third kappa shape index (κ3) is 6.56. The van der Waals surface area contributed by atoms with Gasteiger partial charge in [-0.25, -0.2) is 9.59 Å². The Kier molecular flexibility index (Phi) is 7.82. The number of hydrogen-bond acceptors (Lipinski definition) is 5. The Morgan fingerprint density at radius 3 is 2.00 bits per heavy atom. The summed E-state index contributed by atoms with van der Waals surface area (Å²) in [5, 5.41) is 8.57. The van der Waals surface area contributed by atoms with Crippen LogP contribution >= 0.6 is 0 Å². The van der Waals surface area contributed by atoms with E-state index in [0.29, 0.717) is 11.3 Å². The van der Waals surface area contributed by atoms with Gasteiger partial charge in [0.15, 0.2) is 0 Å². The first-order valence-corrected chi connectivity index (χ1v) is 8.77. The normalized spacial score (nSPS) is 10.4. The maximum Gasteiger partial charge on any atom is 0.376 e. The number of benzene rings is 2. The Morgan fingerprint density at radius 1 is 0.900 bits per heavy atom. The van der Waals surface area contributed by atoms with Gasteiger partial charge >= 0.3 is 11.9 Å². The predicted molar refractivity (Wildman–Crippen MR) is 109 cm³/mol. The summed E-state index contributed by atoms with van der Waals surface area (Å²) in [5.74, 6) is -4.23. The standard InChI is InChI=1S/C23H19FO6/c1-15(3-12-21(25)22(26)27)17-4-6-18(7-5-17)19-8-10-20(11-9-19)29-13-14-30-23(28)16(2)24/h3-12H,1-2,13-14H2,(H,26,27)/b12-3-. The van der Waals surface area contributed by atoms with Gasteiger partial charge in [0.25, 0.3) is 5.78 Å². The molecule has 30 heavy (non-hydrogen) atoms. The minimum Gasteiger partial charge on any atom is -0.490 e. The average Bonchev–Trinajstić information content (AvgIpc) is 2.75. The summed E-state index contributed by atoms with van der Waals surface area (Å²) < 4.78 is 22.5. The average molecular weight is 410 g/mol. The molecular weight excluding hydrogens is 391 g/mol. The maximum atomic E-state index is 12.5. The van der Waals surface area contributed by atoms with Crippen LogP contribution in [0.5, 0.6) is 5.75 Å². The molecule has 7 heteroatoms. The van der Waals surface area contributed by atoms with Crippen LogP contribution in [0.4, 0.5) is 4.39 Å². The highest BCUT2D eigenvalue weighted by Gasteiger charge is 2.07. The Morgan fingerprint density at radius 2 is 1.47 bits per heavy atom. The molecule has 0 fully saturated rings. The lowest BCUT2D eigenvalue weighted by Crippen LogP contribution is -2.12. The highest BCUT2D eigenvalue weighted by molar-refractivity contribution is 6.37. The van der Waals surface area contributed by atoms with E-state index in [-0.39, 0.29) is 13.2 Å². The third-order valence-corrected chi connectivity index (χ3v) is 3.90. The fraction of sp³-hybridized carbons (Fsp3) is 0.0870. The van der Waals surface area contributed by atoms with E-state index in [0.717, 1.165) is 22.8 Å². The van der Waals surface area contributed by atoms with Crippen LogP contribution in [0.2, 0.25) is 0 Å². The van der Waals surface area contributed by atoms with Crippen molar-refractivity contribution >= 4 is 23.3 Å². The number of allylic oxidation sites excluding steroid dienone is 2. The van der Waals surface area contributed by atoms with Crippen molar-refractivity contribution in [2.45, 2.75) is 0 Å². The summed E-state index contributed by atoms with van der Waals surface area (Å²) >= 11 is 0. The van der Waals surface area contributed by atoms with E-state index >= 15 is 0 Å². The van der Waals surface area contributed by atoms with Gasteiger partial charge in [0.05, 0.1) is 0 Å². The van der Waals surface area contributed by atoms with E-state index in [1.54, 1.807) is 12.1 Å². The summed E-state index contributed by atoms with van der Waals surface area (Å²) in [6.07, 6.45) is 2.32. The van der Waals surface area contributed by atoms with Crippen molar-refractivity contribution in [3.8, 4) is 16.9 Å². The van der Waals surface area contributed by atoms with Gasteiger partial charge in [0.2, 0.25) is 5.83 Å². The van der Waals surface area contributed by atoms with E-state index in [2.05, 4.69) is 17.9 Å². The smallest absolute Gasteiger partial charge is 0.376 e. The minimum atomic E-state index is -1.52. The molecule has 0 radical (unpaired) electrons. The first kappa shape index (κ1) is 22.3. The van der Waals surface area contributed by atoms with Crippen LogP contribution in [-0.2, 0) is 19.1 Å². The van der Waals surface area contributed by atoms with Crippen molar-refractivity contribution < 1.29 is 33.4 Å². The van der Waals surface area contributed by atoms with Crippen molar-refractivity contribution in [1.82, 2.24) is 0 Å². The highest BCUT2D eigenvalue weighted by atomic mass is 19.1. The van der Waals surface area contributed by atoms with E-state index in [9.17, 15) is 18.8 Å². The molecule has 0 spiro atoms. The largest absolute Gasteiger partial charge is 0.490 e. The zero-order chi connectivity index (χ0) is 22.1. The van der Waals surface area contributed by atoms with Crippen molar-refractivity contribution in [3.05, 3.63) is 85.2 Å². The van der Waals surface area contributed by atoms with Gasteiger partial charge in [-0.1, -0.05) is 55.6 Å². The quantitative estimate of drug-likeness (QED) is 0.210. The molecule has 0 saturated heterocycles. The van der Waals surface area contributed by atoms with Crippen LogP contribution in [0.3, 0.4) is 0 Å². The monoisotopic (exact) mass is 410 g/mol. The molecular formula is C23H19FO6. The zero-order valence-electron chi connectivity index (χ0n) is 16.0. The molecule has 154 valence electrons. The number of carboxylic acid groups (broad SMARTS) is 1. The van der Waals surface area contributed by atoms with Crippen molar-refractivity contribution in [3.63, 3.8) is 0 Å². The van der Waals surface area contributed by atoms with Crippen LogP contribution in [0, 0.1) is 0 Å². The molecule has 0 unspecified atom stereocenters. The summed E-state index contributed by atoms with van der Waals surface area (Å²) in [7, 11) is 0. The molecule has 0 atom stereocenters. The summed E-state index contributed by atoms with van der Waals surface area (Å²) in [6, 6.07) is 14.5. The highest BCUT2D eigenvalue weighted by Crippen LogP contribution is 2.24. The van der Waals surface area contributed by atoms with Crippen molar-refractivity contribution in [1.29, 1.82) is 0 Å². The molecule has 2 aromatic rings.